The van der Waals surface area contributed by atoms with Crippen molar-refractivity contribution in [3.8, 4) is 5.75 Å². The van der Waals surface area contributed by atoms with Crippen LogP contribution in [0.1, 0.15) is 19.3 Å². The average Bonchev–Trinajstić information content (AvgIpc) is 3.04. The molecule has 24 heavy (non-hydrogen) atoms. The molecule has 2 fully saturated rings. The van der Waals surface area contributed by atoms with Crippen LogP contribution in [0.25, 0.3) is 0 Å². The van der Waals surface area contributed by atoms with Crippen molar-refractivity contribution in [2.24, 2.45) is 5.92 Å². The molecule has 5 nitrogen and oxygen atoms in total. The third-order valence-electron chi connectivity index (χ3n) is 4.49. The number of nitrogens with zero attached hydrogens (tertiary/aromatic N) is 1. The fourth-order valence-corrected chi connectivity index (χ4v) is 3.28. The molecular weight excluding hydrogens is 318 g/mol. The van der Waals surface area contributed by atoms with Crippen molar-refractivity contribution in [2.75, 3.05) is 31.2 Å². The van der Waals surface area contributed by atoms with Crippen molar-refractivity contribution in [1.29, 1.82) is 0 Å². The van der Waals surface area contributed by atoms with Crippen molar-refractivity contribution >= 4 is 11.6 Å². The number of hydrogen-bond donors (Lipinski definition) is 1. The second kappa shape index (κ2) is 7.79. The van der Waals surface area contributed by atoms with Gasteiger partial charge in [0.25, 0.3) is 0 Å². The molecule has 0 bridgehead atoms. The smallest absolute Gasteiger partial charge is 0.387 e. The van der Waals surface area contributed by atoms with Gasteiger partial charge in [0.1, 0.15) is 5.75 Å². The van der Waals surface area contributed by atoms with Crippen molar-refractivity contribution in [1.82, 2.24) is 5.32 Å². The molecule has 1 amide bonds. The van der Waals surface area contributed by atoms with Crippen molar-refractivity contribution in [2.45, 2.75) is 31.9 Å². The summed E-state index contributed by atoms with van der Waals surface area (Å²) in [6.07, 6.45) is 2.54. The lowest BCUT2D eigenvalue weighted by Gasteiger charge is -2.24. The Labute approximate surface area is 139 Å². The number of amides is 1. The normalized spacial score (nSPS) is 24.2. The minimum Gasteiger partial charge on any atom is -0.433 e. The quantitative estimate of drug-likeness (QED) is 0.894. The van der Waals surface area contributed by atoms with Crippen LogP contribution in [-0.2, 0) is 9.53 Å². The first-order chi connectivity index (χ1) is 11.6. The van der Waals surface area contributed by atoms with Gasteiger partial charge in [0.15, 0.2) is 0 Å². The molecule has 3 rings (SSSR count). The number of halogens is 2. The topological polar surface area (TPSA) is 50.8 Å². The summed E-state index contributed by atoms with van der Waals surface area (Å²) in [5.41, 5.74) is 0.635. The molecule has 1 N–H and O–H groups in total. The maximum Gasteiger partial charge on any atom is 0.387 e. The number of carbonyl (C=O) groups is 1. The molecule has 1 aromatic carbocycles. The van der Waals surface area contributed by atoms with Crippen LogP contribution in [0, 0.1) is 5.92 Å². The highest BCUT2D eigenvalue weighted by Gasteiger charge is 2.29. The SMILES string of the molecule is O=C(NC1CCN(c2ccccc2OC(F)F)C1)C1CCCOC1. The third-order valence-corrected chi connectivity index (χ3v) is 4.49. The van der Waals surface area contributed by atoms with Gasteiger partial charge in [-0.1, -0.05) is 12.1 Å². The Morgan fingerprint density at radius 2 is 2.17 bits per heavy atom. The fraction of sp³-hybridized carbons (Fsp3) is 0.588. The fourth-order valence-electron chi connectivity index (χ4n) is 3.28. The van der Waals surface area contributed by atoms with Gasteiger partial charge in [-0.15, -0.1) is 0 Å². The highest BCUT2D eigenvalue weighted by Crippen LogP contribution is 2.31. The maximum atomic E-state index is 12.5. The van der Waals surface area contributed by atoms with Crippen LogP contribution >= 0.6 is 0 Å². The van der Waals surface area contributed by atoms with E-state index in [-0.39, 0.29) is 23.6 Å². The molecule has 2 unspecified atom stereocenters. The second-order valence-electron chi connectivity index (χ2n) is 6.20. The summed E-state index contributed by atoms with van der Waals surface area (Å²) >= 11 is 0. The number of nitrogens with one attached hydrogen (secondary N) is 1. The van der Waals surface area contributed by atoms with E-state index in [1.807, 2.05) is 4.90 Å². The summed E-state index contributed by atoms with van der Waals surface area (Å²) in [6.45, 7) is -0.371. The van der Waals surface area contributed by atoms with Gasteiger partial charge in [0, 0.05) is 25.7 Å². The van der Waals surface area contributed by atoms with Gasteiger partial charge in [-0.25, -0.2) is 0 Å². The summed E-state index contributed by atoms with van der Waals surface area (Å²) in [6, 6.07) is 6.77. The number of ether oxygens (including phenoxy) is 2. The lowest BCUT2D eigenvalue weighted by atomic mass is 10.0. The Bertz CT molecular complexity index is 565. The number of benzene rings is 1. The molecule has 7 heteroatoms. The van der Waals surface area contributed by atoms with Crippen LogP contribution in [0.3, 0.4) is 0 Å². The Kier molecular flexibility index (Phi) is 5.50. The summed E-state index contributed by atoms with van der Waals surface area (Å²) in [5, 5.41) is 3.06. The molecule has 0 radical (unpaired) electrons. The van der Waals surface area contributed by atoms with Crippen LogP contribution < -0.4 is 15.0 Å². The Hall–Kier alpha value is -1.89. The van der Waals surface area contributed by atoms with E-state index in [4.69, 9.17) is 4.74 Å². The van der Waals surface area contributed by atoms with Crippen LogP contribution in [0.2, 0.25) is 0 Å². The summed E-state index contributed by atoms with van der Waals surface area (Å²) < 4.78 is 35.0. The predicted octanol–water partition coefficient (Wildman–Crippen LogP) is 2.41. The van der Waals surface area contributed by atoms with Crippen LogP contribution in [0.15, 0.2) is 24.3 Å². The van der Waals surface area contributed by atoms with Gasteiger partial charge in [-0.3, -0.25) is 4.79 Å². The highest BCUT2D eigenvalue weighted by atomic mass is 19.3. The highest BCUT2D eigenvalue weighted by molar-refractivity contribution is 5.79. The van der Waals surface area contributed by atoms with E-state index in [0.29, 0.717) is 25.4 Å². The van der Waals surface area contributed by atoms with Crippen molar-refractivity contribution < 1.29 is 23.0 Å². The average molecular weight is 340 g/mol. The minimum atomic E-state index is -2.85. The number of rotatable bonds is 5. The van der Waals surface area contributed by atoms with E-state index >= 15 is 0 Å². The second-order valence-corrected chi connectivity index (χ2v) is 6.20. The molecule has 0 aromatic heterocycles. The summed E-state index contributed by atoms with van der Waals surface area (Å²) in [4.78, 5) is 14.2. The van der Waals surface area contributed by atoms with Gasteiger partial charge in [-0.05, 0) is 31.4 Å². The Morgan fingerprint density at radius 3 is 2.92 bits per heavy atom. The van der Waals surface area contributed by atoms with E-state index in [2.05, 4.69) is 10.1 Å². The molecular formula is C17H22F2N2O3. The zero-order valence-corrected chi connectivity index (χ0v) is 13.4. The molecule has 0 saturated carbocycles. The van der Waals surface area contributed by atoms with E-state index in [1.165, 1.54) is 6.07 Å². The number of anilines is 1. The van der Waals surface area contributed by atoms with Gasteiger partial charge in [0.2, 0.25) is 5.91 Å². The van der Waals surface area contributed by atoms with Gasteiger partial charge < -0.3 is 19.7 Å². The largest absolute Gasteiger partial charge is 0.433 e. The van der Waals surface area contributed by atoms with Crippen LogP contribution in [0.4, 0.5) is 14.5 Å². The standard InChI is InChI=1S/C17H22F2N2O3/c18-17(19)24-15-6-2-1-5-14(15)21-8-7-13(10-21)20-16(22)12-4-3-9-23-11-12/h1-2,5-6,12-13,17H,3-4,7-11H2,(H,20,22). The first kappa shape index (κ1) is 17.0. The van der Waals surface area contributed by atoms with Gasteiger partial charge in [0.05, 0.1) is 18.2 Å². The van der Waals surface area contributed by atoms with Crippen LogP contribution in [0.5, 0.6) is 5.75 Å². The van der Waals surface area contributed by atoms with Gasteiger partial charge >= 0.3 is 6.61 Å². The monoisotopic (exact) mass is 340 g/mol. The first-order valence-corrected chi connectivity index (χ1v) is 8.30. The van der Waals surface area contributed by atoms with Crippen molar-refractivity contribution in [3.05, 3.63) is 24.3 Å². The molecule has 1 aromatic rings. The molecule has 2 heterocycles. The number of para-hydroxylation sites is 2. The van der Waals surface area contributed by atoms with E-state index in [1.54, 1.807) is 18.2 Å². The zero-order valence-electron chi connectivity index (χ0n) is 13.4. The molecule has 2 atom stereocenters. The predicted molar refractivity (Wildman–Crippen MR) is 85.4 cm³/mol. The lowest BCUT2D eigenvalue weighted by molar-refractivity contribution is -0.129. The molecule has 132 valence electrons. The molecule has 2 aliphatic heterocycles. The lowest BCUT2D eigenvalue weighted by Crippen LogP contribution is -2.42. The first-order valence-electron chi connectivity index (χ1n) is 8.30. The summed E-state index contributed by atoms with van der Waals surface area (Å²) in [5.74, 6) is 0.112. The van der Waals surface area contributed by atoms with Gasteiger partial charge in [-0.2, -0.15) is 8.78 Å². The van der Waals surface area contributed by atoms with E-state index in [0.717, 1.165) is 25.9 Å². The Morgan fingerprint density at radius 1 is 1.33 bits per heavy atom. The molecule has 0 aliphatic carbocycles. The molecule has 0 spiro atoms. The van der Waals surface area contributed by atoms with Crippen LogP contribution in [-0.4, -0.2) is 44.9 Å². The van der Waals surface area contributed by atoms with E-state index < -0.39 is 6.61 Å². The number of alkyl halides is 2. The Balaban J connectivity index is 1.58. The molecule has 2 saturated heterocycles. The minimum absolute atomic E-state index is 0.0130. The maximum absolute atomic E-state index is 12.5. The zero-order chi connectivity index (χ0) is 16.9. The molecule has 2 aliphatic rings. The van der Waals surface area contributed by atoms with Crippen molar-refractivity contribution in [3.63, 3.8) is 0 Å². The third kappa shape index (κ3) is 4.14. The summed E-state index contributed by atoms with van der Waals surface area (Å²) in [7, 11) is 0. The number of carbonyl (C=O) groups excluding carboxylic acids is 1. The number of hydrogen-bond acceptors (Lipinski definition) is 4. The van der Waals surface area contributed by atoms with E-state index in [9.17, 15) is 13.6 Å².